The fourth-order valence-electron chi connectivity index (χ4n) is 2.49. The minimum Gasteiger partial charge on any atom is -0.454 e. The summed E-state index contributed by atoms with van der Waals surface area (Å²) in [5, 5.41) is 4.19. The highest BCUT2D eigenvalue weighted by Crippen LogP contribution is 2.45. The van der Waals surface area contributed by atoms with Crippen molar-refractivity contribution in [3.8, 4) is 11.5 Å². The molecule has 1 aromatic carbocycles. The molecule has 0 bridgehead atoms. The van der Waals surface area contributed by atoms with E-state index >= 15 is 0 Å². The first-order valence-electron chi connectivity index (χ1n) is 5.54. The molecule has 0 saturated carbocycles. The second-order valence-corrected chi connectivity index (χ2v) is 4.90. The maximum atomic E-state index is 6.38. The molecule has 1 fully saturated rings. The first-order valence-corrected chi connectivity index (χ1v) is 5.92. The Balaban J connectivity index is 2.08. The molecule has 4 heteroatoms. The first-order chi connectivity index (χ1) is 7.71. The molecular formula is C12H14ClNO2. The molecule has 2 heterocycles. The van der Waals surface area contributed by atoms with Crippen LogP contribution in [-0.2, 0) is 5.54 Å². The molecule has 1 aromatic rings. The third-order valence-corrected chi connectivity index (χ3v) is 3.82. The summed E-state index contributed by atoms with van der Waals surface area (Å²) in [6, 6.07) is 3.98. The molecule has 1 saturated heterocycles. The smallest absolute Gasteiger partial charge is 0.231 e. The fraction of sp³-hybridized carbons (Fsp3) is 0.500. The van der Waals surface area contributed by atoms with Crippen LogP contribution in [0.2, 0.25) is 5.02 Å². The molecular weight excluding hydrogens is 226 g/mol. The van der Waals surface area contributed by atoms with Crippen molar-refractivity contribution in [3.63, 3.8) is 0 Å². The molecule has 2 aliphatic rings. The van der Waals surface area contributed by atoms with Gasteiger partial charge in [0.15, 0.2) is 11.5 Å². The van der Waals surface area contributed by atoms with E-state index < -0.39 is 0 Å². The quantitative estimate of drug-likeness (QED) is 0.817. The Hall–Kier alpha value is -0.930. The van der Waals surface area contributed by atoms with E-state index in [0.717, 1.165) is 24.3 Å². The largest absolute Gasteiger partial charge is 0.454 e. The lowest BCUT2D eigenvalue weighted by Gasteiger charge is -2.26. The van der Waals surface area contributed by atoms with E-state index in [4.69, 9.17) is 21.1 Å². The van der Waals surface area contributed by atoms with E-state index in [0.29, 0.717) is 10.8 Å². The zero-order chi connectivity index (χ0) is 11.2. The topological polar surface area (TPSA) is 30.5 Å². The molecule has 0 aromatic heterocycles. The third kappa shape index (κ3) is 1.39. The van der Waals surface area contributed by atoms with Gasteiger partial charge in [-0.3, -0.25) is 0 Å². The Bertz CT molecular complexity index is 427. The van der Waals surface area contributed by atoms with Crippen molar-refractivity contribution in [1.29, 1.82) is 0 Å². The SMILES string of the molecule is CC1(c2ccc3c(c2Cl)OCO3)CCCN1. The van der Waals surface area contributed by atoms with E-state index in [-0.39, 0.29) is 12.3 Å². The highest BCUT2D eigenvalue weighted by Gasteiger charge is 2.34. The maximum Gasteiger partial charge on any atom is 0.231 e. The molecule has 0 spiro atoms. The zero-order valence-electron chi connectivity index (χ0n) is 9.18. The van der Waals surface area contributed by atoms with Gasteiger partial charge in [0.2, 0.25) is 6.79 Å². The Morgan fingerprint density at radius 1 is 1.38 bits per heavy atom. The molecule has 0 aliphatic carbocycles. The standard InChI is InChI=1S/C12H14ClNO2/c1-12(5-2-6-14-12)8-3-4-9-11(10(8)13)16-7-15-9/h3-4,14H,2,5-7H2,1H3. The van der Waals surface area contributed by atoms with Crippen molar-refractivity contribution in [3.05, 3.63) is 22.7 Å². The van der Waals surface area contributed by atoms with Crippen LogP contribution in [0.5, 0.6) is 11.5 Å². The summed E-state index contributed by atoms with van der Waals surface area (Å²) in [5.74, 6) is 1.43. The van der Waals surface area contributed by atoms with Gasteiger partial charge in [-0.25, -0.2) is 0 Å². The van der Waals surface area contributed by atoms with Crippen LogP contribution < -0.4 is 14.8 Å². The van der Waals surface area contributed by atoms with Crippen LogP contribution in [0.4, 0.5) is 0 Å². The van der Waals surface area contributed by atoms with Crippen LogP contribution in [0, 0.1) is 0 Å². The second-order valence-electron chi connectivity index (χ2n) is 4.52. The van der Waals surface area contributed by atoms with Crippen LogP contribution in [0.15, 0.2) is 12.1 Å². The number of nitrogens with one attached hydrogen (secondary N) is 1. The average Bonchev–Trinajstić information content (AvgIpc) is 2.87. The van der Waals surface area contributed by atoms with Gasteiger partial charge in [0.05, 0.1) is 5.02 Å². The molecule has 86 valence electrons. The van der Waals surface area contributed by atoms with E-state index in [9.17, 15) is 0 Å². The fourth-order valence-corrected chi connectivity index (χ4v) is 2.91. The molecule has 1 atom stereocenters. The summed E-state index contributed by atoms with van der Waals surface area (Å²) in [6.07, 6.45) is 2.29. The van der Waals surface area contributed by atoms with E-state index in [1.54, 1.807) is 0 Å². The normalized spacial score (nSPS) is 27.4. The Morgan fingerprint density at radius 2 is 2.25 bits per heavy atom. The second kappa shape index (κ2) is 3.54. The Labute approximate surface area is 99.7 Å². The molecule has 1 unspecified atom stereocenters. The number of fused-ring (bicyclic) bond motifs is 1. The van der Waals surface area contributed by atoms with Crippen molar-refractivity contribution in [2.75, 3.05) is 13.3 Å². The van der Waals surface area contributed by atoms with Gasteiger partial charge < -0.3 is 14.8 Å². The predicted octanol–water partition coefficient (Wildman–Crippen LogP) is 2.67. The average molecular weight is 240 g/mol. The first kappa shape index (κ1) is 10.2. The van der Waals surface area contributed by atoms with Gasteiger partial charge >= 0.3 is 0 Å². The van der Waals surface area contributed by atoms with Crippen LogP contribution >= 0.6 is 11.6 Å². The minimum absolute atomic E-state index is 0.0297. The van der Waals surface area contributed by atoms with Crippen molar-refractivity contribution in [1.82, 2.24) is 5.32 Å². The van der Waals surface area contributed by atoms with Crippen LogP contribution in [0.1, 0.15) is 25.3 Å². The lowest BCUT2D eigenvalue weighted by molar-refractivity contribution is 0.174. The van der Waals surface area contributed by atoms with Crippen molar-refractivity contribution in [2.24, 2.45) is 0 Å². The highest BCUT2D eigenvalue weighted by atomic mass is 35.5. The molecule has 0 radical (unpaired) electrons. The minimum atomic E-state index is -0.0297. The van der Waals surface area contributed by atoms with E-state index in [1.165, 1.54) is 6.42 Å². The van der Waals surface area contributed by atoms with Crippen molar-refractivity contribution in [2.45, 2.75) is 25.3 Å². The summed E-state index contributed by atoms with van der Waals surface area (Å²) < 4.78 is 10.7. The lowest BCUT2D eigenvalue weighted by atomic mass is 9.90. The van der Waals surface area contributed by atoms with Gasteiger partial charge in [0, 0.05) is 5.54 Å². The number of hydrogen-bond donors (Lipinski definition) is 1. The van der Waals surface area contributed by atoms with Gasteiger partial charge in [0.1, 0.15) is 0 Å². The number of ether oxygens (including phenoxy) is 2. The van der Waals surface area contributed by atoms with Crippen LogP contribution in [0.3, 0.4) is 0 Å². The van der Waals surface area contributed by atoms with Crippen molar-refractivity contribution < 1.29 is 9.47 Å². The summed E-state index contributed by atoms with van der Waals surface area (Å²) in [5.41, 5.74) is 1.08. The van der Waals surface area contributed by atoms with Gasteiger partial charge in [-0.05, 0) is 37.9 Å². The zero-order valence-corrected chi connectivity index (χ0v) is 9.93. The van der Waals surface area contributed by atoms with E-state index in [1.807, 2.05) is 12.1 Å². The summed E-state index contributed by atoms with van der Waals surface area (Å²) in [6.45, 7) is 3.49. The number of benzene rings is 1. The third-order valence-electron chi connectivity index (χ3n) is 3.44. The van der Waals surface area contributed by atoms with Gasteiger partial charge in [-0.15, -0.1) is 0 Å². The van der Waals surface area contributed by atoms with E-state index in [2.05, 4.69) is 12.2 Å². The van der Waals surface area contributed by atoms with Gasteiger partial charge in [-0.2, -0.15) is 0 Å². The lowest BCUT2D eigenvalue weighted by Crippen LogP contribution is -2.33. The molecule has 3 rings (SSSR count). The Morgan fingerprint density at radius 3 is 3.00 bits per heavy atom. The number of rotatable bonds is 1. The van der Waals surface area contributed by atoms with Crippen LogP contribution in [0.25, 0.3) is 0 Å². The summed E-state index contributed by atoms with van der Waals surface area (Å²) in [7, 11) is 0. The summed E-state index contributed by atoms with van der Waals surface area (Å²) in [4.78, 5) is 0. The maximum absolute atomic E-state index is 6.38. The highest BCUT2D eigenvalue weighted by molar-refractivity contribution is 6.33. The Kier molecular flexibility index (Phi) is 2.26. The number of hydrogen-bond acceptors (Lipinski definition) is 3. The van der Waals surface area contributed by atoms with Crippen molar-refractivity contribution >= 4 is 11.6 Å². The molecule has 3 nitrogen and oxygen atoms in total. The van der Waals surface area contributed by atoms with Gasteiger partial charge in [0.25, 0.3) is 0 Å². The van der Waals surface area contributed by atoms with Gasteiger partial charge in [-0.1, -0.05) is 17.7 Å². The van der Waals surface area contributed by atoms with Crippen LogP contribution in [-0.4, -0.2) is 13.3 Å². The predicted molar refractivity (Wildman–Crippen MR) is 62.2 cm³/mol. The molecule has 0 amide bonds. The number of halogens is 1. The molecule has 16 heavy (non-hydrogen) atoms. The molecule has 2 aliphatic heterocycles. The summed E-state index contributed by atoms with van der Waals surface area (Å²) >= 11 is 6.38. The monoisotopic (exact) mass is 239 g/mol. The molecule has 1 N–H and O–H groups in total.